The van der Waals surface area contributed by atoms with E-state index in [1.807, 2.05) is 12.1 Å². The number of fused-ring (bicyclic) bond motifs is 3. The van der Waals surface area contributed by atoms with Gasteiger partial charge in [-0.05, 0) is 35.9 Å². The van der Waals surface area contributed by atoms with Crippen LogP contribution in [0.5, 0.6) is 11.5 Å². The van der Waals surface area contributed by atoms with Gasteiger partial charge in [-0.1, -0.05) is 11.6 Å². The first-order valence-corrected chi connectivity index (χ1v) is 9.96. The van der Waals surface area contributed by atoms with Crippen LogP contribution in [0.4, 0.5) is 4.39 Å². The molecule has 1 N–H and O–H groups in total. The van der Waals surface area contributed by atoms with Crippen LogP contribution >= 0.6 is 11.6 Å². The minimum absolute atomic E-state index is 0.0293. The second-order valence-corrected chi connectivity index (χ2v) is 7.38. The van der Waals surface area contributed by atoms with Crippen LogP contribution in [0.3, 0.4) is 0 Å². The van der Waals surface area contributed by atoms with Crippen molar-refractivity contribution in [2.24, 2.45) is 0 Å². The fourth-order valence-corrected chi connectivity index (χ4v) is 3.88. The molecule has 0 radical (unpaired) electrons. The SMILES string of the molecule is COCCNC(=O)c1nn(-c2ccc(F)c(Cl)c2)c2c1Cc1cc(OC)c(OC)cc1-2. The van der Waals surface area contributed by atoms with Gasteiger partial charge in [0.25, 0.3) is 5.91 Å². The van der Waals surface area contributed by atoms with E-state index in [1.165, 1.54) is 12.1 Å². The normalized spacial score (nSPS) is 11.8. The Morgan fingerprint density at radius 1 is 1.19 bits per heavy atom. The van der Waals surface area contributed by atoms with Crippen molar-refractivity contribution in [3.05, 3.63) is 58.0 Å². The van der Waals surface area contributed by atoms with Crippen molar-refractivity contribution in [3.63, 3.8) is 0 Å². The smallest absolute Gasteiger partial charge is 0.272 e. The number of methoxy groups -OCH3 is 3. The van der Waals surface area contributed by atoms with Crippen LogP contribution in [0, 0.1) is 5.82 Å². The third kappa shape index (κ3) is 3.73. The number of benzene rings is 2. The van der Waals surface area contributed by atoms with Crippen molar-refractivity contribution in [3.8, 4) is 28.4 Å². The summed E-state index contributed by atoms with van der Waals surface area (Å²) in [4.78, 5) is 12.9. The van der Waals surface area contributed by atoms with Crippen molar-refractivity contribution in [1.82, 2.24) is 15.1 Å². The number of aromatic nitrogens is 2. The van der Waals surface area contributed by atoms with Gasteiger partial charge in [-0.15, -0.1) is 0 Å². The number of hydrogen-bond donors (Lipinski definition) is 1. The van der Waals surface area contributed by atoms with E-state index in [9.17, 15) is 9.18 Å². The Bertz CT molecular complexity index is 1160. The zero-order valence-electron chi connectivity index (χ0n) is 17.3. The molecule has 31 heavy (non-hydrogen) atoms. The van der Waals surface area contributed by atoms with E-state index >= 15 is 0 Å². The highest BCUT2D eigenvalue weighted by atomic mass is 35.5. The lowest BCUT2D eigenvalue weighted by Gasteiger charge is -2.12. The van der Waals surface area contributed by atoms with Gasteiger partial charge < -0.3 is 19.5 Å². The van der Waals surface area contributed by atoms with Crippen LogP contribution in [-0.4, -0.2) is 50.2 Å². The highest BCUT2D eigenvalue weighted by Crippen LogP contribution is 2.44. The average Bonchev–Trinajstić information content (AvgIpc) is 3.31. The van der Waals surface area contributed by atoms with Gasteiger partial charge in [0.15, 0.2) is 17.2 Å². The predicted octanol–water partition coefficient (Wildman–Crippen LogP) is 3.63. The minimum Gasteiger partial charge on any atom is -0.493 e. The zero-order valence-corrected chi connectivity index (χ0v) is 18.0. The molecule has 0 saturated heterocycles. The van der Waals surface area contributed by atoms with E-state index < -0.39 is 5.82 Å². The summed E-state index contributed by atoms with van der Waals surface area (Å²) in [7, 11) is 4.70. The number of ether oxygens (including phenoxy) is 3. The molecule has 0 saturated carbocycles. The molecule has 1 amide bonds. The quantitative estimate of drug-likeness (QED) is 0.440. The summed E-state index contributed by atoms with van der Waals surface area (Å²) in [5.74, 6) is 0.317. The first-order valence-electron chi connectivity index (χ1n) is 9.58. The Balaban J connectivity index is 1.88. The van der Waals surface area contributed by atoms with Crippen molar-refractivity contribution in [1.29, 1.82) is 0 Å². The molecule has 0 bridgehead atoms. The van der Waals surface area contributed by atoms with E-state index in [0.717, 1.165) is 22.4 Å². The van der Waals surface area contributed by atoms with Crippen LogP contribution in [0.1, 0.15) is 21.6 Å². The highest BCUT2D eigenvalue weighted by molar-refractivity contribution is 6.30. The summed E-state index contributed by atoms with van der Waals surface area (Å²) in [6, 6.07) is 8.07. The number of halogens is 2. The Hall–Kier alpha value is -3.10. The van der Waals surface area contributed by atoms with Gasteiger partial charge in [-0.25, -0.2) is 9.07 Å². The number of amides is 1. The van der Waals surface area contributed by atoms with Crippen molar-refractivity contribution in [2.75, 3.05) is 34.5 Å². The molecule has 0 aliphatic heterocycles. The molecule has 0 spiro atoms. The van der Waals surface area contributed by atoms with E-state index in [1.54, 1.807) is 32.1 Å². The van der Waals surface area contributed by atoms with E-state index in [4.69, 9.17) is 25.8 Å². The van der Waals surface area contributed by atoms with Crippen LogP contribution in [-0.2, 0) is 11.2 Å². The van der Waals surface area contributed by atoms with Crippen LogP contribution in [0.25, 0.3) is 16.9 Å². The third-order valence-corrected chi connectivity index (χ3v) is 5.46. The molecule has 0 fully saturated rings. The molecule has 1 aliphatic carbocycles. The summed E-state index contributed by atoms with van der Waals surface area (Å²) in [6.45, 7) is 0.741. The first-order chi connectivity index (χ1) is 15.0. The van der Waals surface area contributed by atoms with E-state index in [2.05, 4.69) is 10.4 Å². The maximum atomic E-state index is 13.7. The van der Waals surface area contributed by atoms with Gasteiger partial charge in [0.2, 0.25) is 0 Å². The first kappa shape index (κ1) is 21.1. The second kappa shape index (κ2) is 8.56. The molecule has 4 rings (SSSR count). The Morgan fingerprint density at radius 3 is 2.61 bits per heavy atom. The number of rotatable bonds is 7. The van der Waals surface area contributed by atoms with Crippen molar-refractivity contribution in [2.45, 2.75) is 6.42 Å². The summed E-state index contributed by atoms with van der Waals surface area (Å²) < 4.78 is 31.2. The third-order valence-electron chi connectivity index (χ3n) is 5.17. The van der Waals surface area contributed by atoms with Crippen LogP contribution in [0.15, 0.2) is 30.3 Å². The minimum atomic E-state index is -0.529. The Morgan fingerprint density at radius 2 is 1.94 bits per heavy atom. The standard InChI is InChI=1S/C22H21ClFN3O4/c1-29-7-6-25-22(28)20-15-8-12-9-18(30-2)19(31-3)11-14(12)21(15)27(26-20)13-4-5-17(24)16(23)10-13/h4-5,9-11H,6-8H2,1-3H3,(H,25,28). The monoisotopic (exact) mass is 445 g/mol. The van der Waals surface area contributed by atoms with Gasteiger partial charge in [-0.2, -0.15) is 5.10 Å². The van der Waals surface area contributed by atoms with Gasteiger partial charge in [0, 0.05) is 31.2 Å². The van der Waals surface area contributed by atoms with Crippen LogP contribution < -0.4 is 14.8 Å². The zero-order chi connectivity index (χ0) is 22.1. The average molecular weight is 446 g/mol. The maximum Gasteiger partial charge on any atom is 0.272 e. The van der Waals surface area contributed by atoms with Crippen molar-refractivity contribution >= 4 is 17.5 Å². The lowest BCUT2D eigenvalue weighted by atomic mass is 10.1. The van der Waals surface area contributed by atoms with Gasteiger partial charge in [-0.3, -0.25) is 4.79 Å². The molecule has 9 heteroatoms. The fourth-order valence-electron chi connectivity index (χ4n) is 3.71. The number of hydrogen-bond acceptors (Lipinski definition) is 5. The summed E-state index contributed by atoms with van der Waals surface area (Å²) >= 11 is 6.01. The molecule has 162 valence electrons. The molecule has 0 atom stereocenters. The molecule has 3 aromatic rings. The van der Waals surface area contributed by atoms with Gasteiger partial charge in [0.1, 0.15) is 5.82 Å². The largest absolute Gasteiger partial charge is 0.493 e. The fraction of sp³-hybridized carbons (Fsp3) is 0.273. The number of carbonyl (C=O) groups excluding carboxylic acids is 1. The Labute approximate surface area is 183 Å². The van der Waals surface area contributed by atoms with Gasteiger partial charge >= 0.3 is 0 Å². The van der Waals surface area contributed by atoms with Crippen LogP contribution in [0.2, 0.25) is 5.02 Å². The number of nitrogens with zero attached hydrogens (tertiary/aromatic N) is 2. The maximum absolute atomic E-state index is 13.7. The van der Waals surface area contributed by atoms with Gasteiger partial charge in [0.05, 0.1) is 37.2 Å². The molecule has 2 aromatic carbocycles. The molecule has 7 nitrogen and oxygen atoms in total. The van der Waals surface area contributed by atoms with E-state index in [-0.39, 0.29) is 10.9 Å². The van der Waals surface area contributed by atoms with Crippen molar-refractivity contribution < 1.29 is 23.4 Å². The molecular formula is C22H21ClFN3O4. The molecule has 1 heterocycles. The molecule has 1 aliphatic rings. The molecule has 0 unspecified atom stereocenters. The second-order valence-electron chi connectivity index (χ2n) is 6.98. The number of nitrogens with one attached hydrogen (secondary N) is 1. The summed E-state index contributed by atoms with van der Waals surface area (Å²) in [6.07, 6.45) is 0.493. The summed E-state index contributed by atoms with van der Waals surface area (Å²) in [5, 5.41) is 7.34. The highest BCUT2D eigenvalue weighted by Gasteiger charge is 2.32. The number of carbonyl (C=O) groups is 1. The lowest BCUT2D eigenvalue weighted by Crippen LogP contribution is -2.28. The summed E-state index contributed by atoms with van der Waals surface area (Å²) in [5.41, 5.74) is 4.16. The molecular weight excluding hydrogens is 425 g/mol. The Kier molecular flexibility index (Phi) is 5.84. The van der Waals surface area contributed by atoms with E-state index in [0.29, 0.717) is 42.5 Å². The predicted molar refractivity (Wildman–Crippen MR) is 114 cm³/mol. The topological polar surface area (TPSA) is 74.6 Å². The molecule has 1 aromatic heterocycles. The lowest BCUT2D eigenvalue weighted by molar-refractivity contribution is 0.0931.